The molecule has 3 rings (SSSR count). The number of likely N-dealkylation sites (tertiary alicyclic amines) is 1. The highest BCUT2D eigenvalue weighted by Gasteiger charge is 2.23. The van der Waals surface area contributed by atoms with Crippen LogP contribution in [0.4, 0.5) is 0 Å². The zero-order valence-corrected chi connectivity index (χ0v) is 18.7. The fourth-order valence-corrected chi connectivity index (χ4v) is 4.26. The topological polar surface area (TPSA) is 61.4 Å². The average Bonchev–Trinajstić information content (AvgIpc) is 3.32. The lowest BCUT2D eigenvalue weighted by molar-refractivity contribution is 0.0170. The van der Waals surface area contributed by atoms with E-state index in [0.717, 1.165) is 51.1 Å². The number of guanidine groups is 1. The summed E-state index contributed by atoms with van der Waals surface area (Å²) in [5.41, 5.74) is 1.28. The van der Waals surface area contributed by atoms with Gasteiger partial charge < -0.3 is 25.0 Å². The second-order valence-electron chi connectivity index (χ2n) is 8.07. The maximum Gasteiger partial charge on any atom is 0.191 e. The summed E-state index contributed by atoms with van der Waals surface area (Å²) >= 11 is 0. The van der Waals surface area contributed by atoms with Gasteiger partial charge in [0, 0.05) is 33.2 Å². The molecule has 0 radical (unpaired) electrons. The van der Waals surface area contributed by atoms with Gasteiger partial charge in [-0.2, -0.15) is 0 Å². The zero-order valence-electron chi connectivity index (χ0n) is 18.7. The fourth-order valence-electron chi connectivity index (χ4n) is 4.26. The first kappa shape index (κ1) is 22.8. The Hall–Kier alpha value is -1.83. The van der Waals surface area contributed by atoms with Crippen molar-refractivity contribution < 1.29 is 9.47 Å². The third-order valence-corrected chi connectivity index (χ3v) is 6.07. The predicted octanol–water partition coefficient (Wildman–Crippen LogP) is 2.11. The van der Waals surface area contributed by atoms with Crippen LogP contribution in [0, 0.1) is 0 Å². The second kappa shape index (κ2) is 12.8. The molecule has 0 amide bonds. The molecule has 7 heteroatoms. The minimum absolute atomic E-state index is 0.272. The van der Waals surface area contributed by atoms with Crippen LogP contribution in [-0.2, 0) is 4.74 Å². The summed E-state index contributed by atoms with van der Waals surface area (Å²) in [7, 11) is 3.55. The lowest BCUT2D eigenvalue weighted by atomic mass is 10.0. The SMILES string of the molecule is CN=C(NCCCCN1CCCC1)NCC(c1ccc(OC)cc1)N1CCOCC1. The van der Waals surface area contributed by atoms with E-state index in [9.17, 15) is 0 Å². The number of methoxy groups -OCH3 is 1. The quantitative estimate of drug-likeness (QED) is 0.345. The van der Waals surface area contributed by atoms with Crippen LogP contribution in [-0.4, -0.2) is 88.9 Å². The summed E-state index contributed by atoms with van der Waals surface area (Å²) < 4.78 is 10.9. The lowest BCUT2D eigenvalue weighted by Gasteiger charge is -2.35. The van der Waals surface area contributed by atoms with Gasteiger partial charge in [0.05, 0.1) is 26.4 Å². The Bertz CT molecular complexity index is 625. The molecule has 2 saturated heterocycles. The molecule has 2 heterocycles. The minimum Gasteiger partial charge on any atom is -0.497 e. The van der Waals surface area contributed by atoms with Crippen molar-refractivity contribution in [1.29, 1.82) is 0 Å². The van der Waals surface area contributed by atoms with Crippen molar-refractivity contribution in [3.8, 4) is 5.75 Å². The van der Waals surface area contributed by atoms with Crippen LogP contribution in [0.3, 0.4) is 0 Å². The van der Waals surface area contributed by atoms with Crippen molar-refractivity contribution in [1.82, 2.24) is 20.4 Å². The van der Waals surface area contributed by atoms with E-state index in [-0.39, 0.29) is 6.04 Å². The van der Waals surface area contributed by atoms with Gasteiger partial charge in [0.25, 0.3) is 0 Å². The molecular weight excluding hydrogens is 378 g/mol. The van der Waals surface area contributed by atoms with E-state index >= 15 is 0 Å². The molecule has 0 spiro atoms. The smallest absolute Gasteiger partial charge is 0.191 e. The largest absolute Gasteiger partial charge is 0.497 e. The Morgan fingerprint density at radius 1 is 1.07 bits per heavy atom. The summed E-state index contributed by atoms with van der Waals surface area (Å²) in [6.07, 6.45) is 5.15. The van der Waals surface area contributed by atoms with Crippen LogP contribution < -0.4 is 15.4 Å². The molecule has 7 nitrogen and oxygen atoms in total. The molecule has 2 aliphatic heterocycles. The van der Waals surface area contributed by atoms with Gasteiger partial charge in [-0.25, -0.2) is 0 Å². The Labute approximate surface area is 181 Å². The highest BCUT2D eigenvalue weighted by molar-refractivity contribution is 5.79. The van der Waals surface area contributed by atoms with Gasteiger partial charge in [-0.1, -0.05) is 12.1 Å². The zero-order chi connectivity index (χ0) is 21.0. The molecular formula is C23H39N5O2. The number of aliphatic imine (C=N–C) groups is 1. The Kier molecular flexibility index (Phi) is 9.73. The molecule has 2 aliphatic rings. The van der Waals surface area contributed by atoms with E-state index in [2.05, 4.69) is 37.6 Å². The number of nitrogens with one attached hydrogen (secondary N) is 2. The van der Waals surface area contributed by atoms with Crippen LogP contribution in [0.2, 0.25) is 0 Å². The Morgan fingerprint density at radius 3 is 2.47 bits per heavy atom. The van der Waals surface area contributed by atoms with Crippen molar-refractivity contribution in [2.24, 2.45) is 4.99 Å². The third kappa shape index (κ3) is 7.15. The van der Waals surface area contributed by atoms with E-state index in [1.807, 2.05) is 19.2 Å². The van der Waals surface area contributed by atoms with Gasteiger partial charge in [-0.15, -0.1) is 0 Å². The van der Waals surface area contributed by atoms with E-state index in [4.69, 9.17) is 9.47 Å². The summed E-state index contributed by atoms with van der Waals surface area (Å²) in [4.78, 5) is 9.49. The van der Waals surface area contributed by atoms with Crippen molar-refractivity contribution in [3.05, 3.63) is 29.8 Å². The number of morpholine rings is 1. The number of rotatable bonds is 10. The molecule has 2 fully saturated rings. The number of nitrogens with zero attached hydrogens (tertiary/aromatic N) is 3. The third-order valence-electron chi connectivity index (χ3n) is 6.07. The van der Waals surface area contributed by atoms with Crippen molar-refractivity contribution >= 4 is 5.96 Å². The molecule has 0 saturated carbocycles. The van der Waals surface area contributed by atoms with Gasteiger partial charge in [0.15, 0.2) is 5.96 Å². The molecule has 0 aromatic heterocycles. The van der Waals surface area contributed by atoms with Crippen LogP contribution in [0.15, 0.2) is 29.3 Å². The van der Waals surface area contributed by atoms with Crippen molar-refractivity contribution in [2.75, 3.05) is 73.2 Å². The molecule has 30 heavy (non-hydrogen) atoms. The predicted molar refractivity (Wildman–Crippen MR) is 122 cm³/mol. The minimum atomic E-state index is 0.272. The van der Waals surface area contributed by atoms with E-state index in [1.54, 1.807) is 7.11 Å². The van der Waals surface area contributed by atoms with E-state index < -0.39 is 0 Å². The fraction of sp³-hybridized carbons (Fsp3) is 0.696. The molecule has 1 unspecified atom stereocenters. The van der Waals surface area contributed by atoms with Gasteiger partial charge in [-0.3, -0.25) is 9.89 Å². The first-order chi connectivity index (χ1) is 14.8. The summed E-state index contributed by atoms with van der Waals surface area (Å²) in [5, 5.41) is 7.02. The molecule has 2 N–H and O–H groups in total. The first-order valence-electron chi connectivity index (χ1n) is 11.4. The van der Waals surface area contributed by atoms with Gasteiger partial charge >= 0.3 is 0 Å². The van der Waals surface area contributed by atoms with Crippen molar-refractivity contribution in [3.63, 3.8) is 0 Å². The van der Waals surface area contributed by atoms with Crippen LogP contribution in [0.25, 0.3) is 0 Å². The summed E-state index contributed by atoms with van der Waals surface area (Å²) in [5.74, 6) is 1.77. The van der Waals surface area contributed by atoms with E-state index in [0.29, 0.717) is 0 Å². The maximum absolute atomic E-state index is 5.56. The second-order valence-corrected chi connectivity index (χ2v) is 8.07. The number of hydrogen-bond donors (Lipinski definition) is 2. The highest BCUT2D eigenvalue weighted by Crippen LogP contribution is 2.23. The summed E-state index contributed by atoms with van der Waals surface area (Å²) in [6.45, 7) is 9.02. The van der Waals surface area contributed by atoms with Gasteiger partial charge in [0.1, 0.15) is 5.75 Å². The molecule has 168 valence electrons. The average molecular weight is 418 g/mol. The van der Waals surface area contributed by atoms with Gasteiger partial charge in [-0.05, 0) is 63.0 Å². The Balaban J connectivity index is 1.47. The van der Waals surface area contributed by atoms with Crippen molar-refractivity contribution in [2.45, 2.75) is 31.7 Å². The monoisotopic (exact) mass is 417 g/mol. The molecule has 1 aromatic carbocycles. The van der Waals surface area contributed by atoms with Crippen LogP contribution in [0.5, 0.6) is 5.75 Å². The highest BCUT2D eigenvalue weighted by atomic mass is 16.5. The normalized spacial score (nSPS) is 19.6. The van der Waals surface area contributed by atoms with Crippen LogP contribution in [0.1, 0.15) is 37.3 Å². The maximum atomic E-state index is 5.56. The van der Waals surface area contributed by atoms with Crippen LogP contribution >= 0.6 is 0 Å². The number of hydrogen-bond acceptors (Lipinski definition) is 5. The number of benzene rings is 1. The molecule has 0 aliphatic carbocycles. The molecule has 0 bridgehead atoms. The van der Waals surface area contributed by atoms with E-state index in [1.165, 1.54) is 50.9 Å². The van der Waals surface area contributed by atoms with Gasteiger partial charge in [0.2, 0.25) is 0 Å². The lowest BCUT2D eigenvalue weighted by Crippen LogP contribution is -2.46. The number of ether oxygens (including phenoxy) is 2. The molecule has 1 aromatic rings. The Morgan fingerprint density at radius 2 is 1.80 bits per heavy atom. The number of unbranched alkanes of at least 4 members (excludes halogenated alkanes) is 1. The summed E-state index contributed by atoms with van der Waals surface area (Å²) in [6, 6.07) is 8.67. The first-order valence-corrected chi connectivity index (χ1v) is 11.4. The standard InChI is InChI=1S/C23H39N5O2/c1-24-23(25-11-3-4-12-27-13-5-6-14-27)26-19-22(28-15-17-30-18-16-28)20-7-9-21(29-2)10-8-20/h7-10,22H,3-6,11-19H2,1-2H3,(H2,24,25,26). The molecule has 1 atom stereocenters.